The zero-order valence-corrected chi connectivity index (χ0v) is 15.1. The molecule has 6 nitrogen and oxygen atoms in total. The van der Waals surface area contributed by atoms with Gasteiger partial charge in [0.1, 0.15) is 0 Å². The standard InChI is InChI=1S/C17H24O5S.H3N/c1-3-17(13(8-14-10-20-14)9-15-11-21-15)22-23(18,19)16-6-4-12(2)5-7-16;/h4-7,13-15,17H,3,8-11H2,1-2H3;1H3. The molecule has 3 unspecified atom stereocenters. The molecule has 1 aromatic rings. The Hall–Kier alpha value is -0.990. The highest BCUT2D eigenvalue weighted by atomic mass is 32.2. The Kier molecular flexibility index (Phi) is 6.39. The second-order valence-corrected chi connectivity index (χ2v) is 8.02. The number of aryl methyl sites for hydroxylation is 1. The van der Waals surface area contributed by atoms with E-state index in [0.29, 0.717) is 6.42 Å². The zero-order chi connectivity index (χ0) is 16.4. The summed E-state index contributed by atoms with van der Waals surface area (Å²) < 4.78 is 41.3. The van der Waals surface area contributed by atoms with E-state index >= 15 is 0 Å². The molecule has 1 aromatic carbocycles. The molecule has 0 aromatic heterocycles. The lowest BCUT2D eigenvalue weighted by Crippen LogP contribution is -2.29. The van der Waals surface area contributed by atoms with E-state index in [1.165, 1.54) is 0 Å². The molecule has 24 heavy (non-hydrogen) atoms. The normalized spacial score (nSPS) is 24.8. The summed E-state index contributed by atoms with van der Waals surface area (Å²) in [4.78, 5) is 0.214. The minimum absolute atomic E-state index is 0. The summed E-state index contributed by atoms with van der Waals surface area (Å²) in [6, 6.07) is 6.76. The highest BCUT2D eigenvalue weighted by Gasteiger charge is 2.37. The van der Waals surface area contributed by atoms with Gasteiger partial charge in [-0.2, -0.15) is 8.42 Å². The second-order valence-electron chi connectivity index (χ2n) is 6.45. The summed E-state index contributed by atoms with van der Waals surface area (Å²) in [7, 11) is -3.75. The third-order valence-electron chi connectivity index (χ3n) is 4.42. The summed E-state index contributed by atoms with van der Waals surface area (Å²) in [6.07, 6.45) is 2.48. The van der Waals surface area contributed by atoms with Gasteiger partial charge < -0.3 is 15.6 Å². The molecule has 2 heterocycles. The van der Waals surface area contributed by atoms with Gasteiger partial charge in [-0.25, -0.2) is 0 Å². The van der Waals surface area contributed by atoms with Crippen molar-refractivity contribution in [3.8, 4) is 0 Å². The van der Waals surface area contributed by atoms with E-state index in [4.69, 9.17) is 13.7 Å². The lowest BCUT2D eigenvalue weighted by molar-refractivity contribution is 0.111. The lowest BCUT2D eigenvalue weighted by atomic mass is 9.90. The number of hydrogen-bond acceptors (Lipinski definition) is 6. The van der Waals surface area contributed by atoms with Gasteiger partial charge in [0.15, 0.2) is 0 Å². The quantitative estimate of drug-likeness (QED) is 0.538. The van der Waals surface area contributed by atoms with Gasteiger partial charge in [0.2, 0.25) is 0 Å². The predicted molar refractivity (Wildman–Crippen MR) is 90.8 cm³/mol. The number of rotatable bonds is 9. The lowest BCUT2D eigenvalue weighted by Gasteiger charge is -2.25. The third kappa shape index (κ3) is 5.26. The molecular formula is C17H27NO5S. The maximum Gasteiger partial charge on any atom is 0.297 e. The molecule has 2 aliphatic heterocycles. The summed E-state index contributed by atoms with van der Waals surface area (Å²) in [6.45, 7) is 5.42. The van der Waals surface area contributed by atoms with Crippen LogP contribution < -0.4 is 6.15 Å². The molecule has 2 fully saturated rings. The average Bonchev–Trinajstić information content (AvgIpc) is 3.40. The van der Waals surface area contributed by atoms with E-state index in [1.807, 2.05) is 13.8 Å². The predicted octanol–water partition coefficient (Wildman–Crippen LogP) is 2.83. The van der Waals surface area contributed by atoms with Crippen molar-refractivity contribution in [2.45, 2.75) is 56.3 Å². The minimum Gasteiger partial charge on any atom is -0.373 e. The van der Waals surface area contributed by atoms with Crippen LogP contribution in [-0.2, 0) is 23.8 Å². The van der Waals surface area contributed by atoms with Gasteiger partial charge in [0, 0.05) is 0 Å². The fourth-order valence-corrected chi connectivity index (χ4v) is 4.09. The van der Waals surface area contributed by atoms with Crippen molar-refractivity contribution < 1.29 is 22.1 Å². The van der Waals surface area contributed by atoms with Crippen molar-refractivity contribution in [2.24, 2.45) is 5.92 Å². The van der Waals surface area contributed by atoms with Gasteiger partial charge in [-0.15, -0.1) is 0 Å². The van der Waals surface area contributed by atoms with Crippen LogP contribution in [0.25, 0.3) is 0 Å². The molecule has 3 rings (SSSR count). The fourth-order valence-electron chi connectivity index (χ4n) is 2.89. The first-order chi connectivity index (χ1) is 11.0. The first-order valence-corrected chi connectivity index (χ1v) is 9.62. The molecule has 0 saturated carbocycles. The Morgan fingerprint density at radius 1 is 1.12 bits per heavy atom. The van der Waals surface area contributed by atoms with E-state index in [9.17, 15) is 8.42 Å². The summed E-state index contributed by atoms with van der Waals surface area (Å²) >= 11 is 0. The molecule has 0 radical (unpaired) electrons. The van der Waals surface area contributed by atoms with Crippen LogP contribution in [0.1, 0.15) is 31.7 Å². The van der Waals surface area contributed by atoms with Crippen molar-refractivity contribution in [1.29, 1.82) is 0 Å². The maximum atomic E-state index is 12.5. The zero-order valence-electron chi connectivity index (χ0n) is 14.3. The Morgan fingerprint density at radius 2 is 1.62 bits per heavy atom. The van der Waals surface area contributed by atoms with Crippen LogP contribution in [0.5, 0.6) is 0 Å². The van der Waals surface area contributed by atoms with Crippen LogP contribution in [-0.4, -0.2) is 39.9 Å². The summed E-state index contributed by atoms with van der Waals surface area (Å²) in [5, 5.41) is 0. The van der Waals surface area contributed by atoms with Crippen molar-refractivity contribution in [3.63, 3.8) is 0 Å². The third-order valence-corrected chi connectivity index (χ3v) is 5.77. The Balaban J connectivity index is 0.00000208. The number of epoxide rings is 2. The van der Waals surface area contributed by atoms with E-state index in [1.54, 1.807) is 24.3 Å². The number of ether oxygens (including phenoxy) is 2. The first kappa shape index (κ1) is 19.3. The molecule has 0 amide bonds. The molecule has 2 saturated heterocycles. The molecule has 0 aliphatic carbocycles. The fraction of sp³-hybridized carbons (Fsp3) is 0.647. The molecule has 3 N–H and O–H groups in total. The topological polar surface area (TPSA) is 103 Å². The largest absolute Gasteiger partial charge is 0.373 e. The highest BCUT2D eigenvalue weighted by molar-refractivity contribution is 7.86. The van der Waals surface area contributed by atoms with Gasteiger partial charge >= 0.3 is 0 Å². The average molecular weight is 357 g/mol. The van der Waals surface area contributed by atoms with Gasteiger partial charge in [-0.1, -0.05) is 24.6 Å². The summed E-state index contributed by atoms with van der Waals surface area (Å²) in [5.74, 6) is 0.139. The Bertz CT molecular complexity index is 609. The number of hydrogen-bond donors (Lipinski definition) is 1. The van der Waals surface area contributed by atoms with E-state index in [0.717, 1.165) is 31.6 Å². The number of benzene rings is 1. The smallest absolute Gasteiger partial charge is 0.297 e. The Labute approximate surface area is 144 Å². The van der Waals surface area contributed by atoms with Crippen molar-refractivity contribution in [1.82, 2.24) is 6.15 Å². The summed E-state index contributed by atoms with van der Waals surface area (Å²) in [5.41, 5.74) is 1.02. The van der Waals surface area contributed by atoms with Gasteiger partial charge in [-0.05, 0) is 44.2 Å². The highest BCUT2D eigenvalue weighted by Crippen LogP contribution is 2.33. The van der Waals surface area contributed by atoms with Gasteiger partial charge in [0.25, 0.3) is 10.1 Å². The van der Waals surface area contributed by atoms with Crippen molar-refractivity contribution in [3.05, 3.63) is 29.8 Å². The molecule has 0 spiro atoms. The molecule has 0 bridgehead atoms. The Morgan fingerprint density at radius 3 is 2.04 bits per heavy atom. The SMILES string of the molecule is CCC(OS(=O)(=O)c1ccc(C)cc1)C(CC1CO1)CC1CO1.N. The van der Waals surface area contributed by atoms with E-state index in [2.05, 4.69) is 0 Å². The van der Waals surface area contributed by atoms with Crippen LogP contribution >= 0.6 is 0 Å². The van der Waals surface area contributed by atoms with Gasteiger partial charge in [0.05, 0.1) is 36.4 Å². The van der Waals surface area contributed by atoms with Crippen LogP contribution in [0, 0.1) is 12.8 Å². The van der Waals surface area contributed by atoms with Crippen LogP contribution in [0.4, 0.5) is 0 Å². The van der Waals surface area contributed by atoms with Gasteiger partial charge in [-0.3, -0.25) is 4.18 Å². The second kappa shape index (κ2) is 7.93. The van der Waals surface area contributed by atoms with E-state index < -0.39 is 10.1 Å². The van der Waals surface area contributed by atoms with Crippen molar-refractivity contribution in [2.75, 3.05) is 13.2 Å². The molecule has 7 heteroatoms. The maximum absolute atomic E-state index is 12.5. The van der Waals surface area contributed by atoms with Crippen molar-refractivity contribution >= 4 is 10.1 Å². The molecular weight excluding hydrogens is 330 g/mol. The minimum atomic E-state index is -3.75. The molecule has 2 aliphatic rings. The first-order valence-electron chi connectivity index (χ1n) is 8.21. The monoisotopic (exact) mass is 357 g/mol. The van der Waals surface area contributed by atoms with E-state index in [-0.39, 0.29) is 35.3 Å². The van der Waals surface area contributed by atoms with Crippen LogP contribution in [0.2, 0.25) is 0 Å². The van der Waals surface area contributed by atoms with Crippen LogP contribution in [0.15, 0.2) is 29.2 Å². The molecule has 136 valence electrons. The molecule has 3 atom stereocenters. The van der Waals surface area contributed by atoms with Crippen LogP contribution in [0.3, 0.4) is 0 Å².